The summed E-state index contributed by atoms with van der Waals surface area (Å²) in [6, 6.07) is 0.588. The molecule has 5 saturated heterocycles. The van der Waals surface area contributed by atoms with Gasteiger partial charge >= 0.3 is 0 Å². The number of halogens is 1. The molecule has 0 aromatic carbocycles. The molecule has 9 heteroatoms. The molecule has 28 heavy (non-hydrogen) atoms. The van der Waals surface area contributed by atoms with Gasteiger partial charge in [-0.15, -0.1) is 24.0 Å². The fourth-order valence-electron chi connectivity index (χ4n) is 4.84. The van der Waals surface area contributed by atoms with Crippen LogP contribution < -0.4 is 5.32 Å². The number of carbonyl (C=O) groups excluding carboxylic acids is 1. The predicted molar refractivity (Wildman–Crippen MR) is 120 cm³/mol. The summed E-state index contributed by atoms with van der Waals surface area (Å²) in [7, 11) is 1.87. The molecular weight excluding hydrogens is 471 g/mol. The first-order valence-electron chi connectivity index (χ1n) is 10.5. The summed E-state index contributed by atoms with van der Waals surface area (Å²) >= 11 is 0. The fourth-order valence-corrected chi connectivity index (χ4v) is 4.84. The summed E-state index contributed by atoms with van der Waals surface area (Å²) in [6.07, 6.45) is 1.83. The van der Waals surface area contributed by atoms with Gasteiger partial charge in [0.2, 0.25) is 5.91 Å². The van der Waals surface area contributed by atoms with E-state index in [4.69, 9.17) is 4.74 Å². The average Bonchev–Trinajstić information content (AvgIpc) is 2.75. The molecule has 1 N–H and O–H groups in total. The number of fused-ring (bicyclic) bond motifs is 3. The molecule has 1 amide bonds. The molecule has 0 saturated carbocycles. The Morgan fingerprint density at radius 3 is 2.25 bits per heavy atom. The van der Waals surface area contributed by atoms with Gasteiger partial charge in [-0.05, 0) is 12.8 Å². The van der Waals surface area contributed by atoms with Crippen LogP contribution in [0, 0.1) is 5.92 Å². The number of piperazine rings is 3. The Balaban J connectivity index is 0.00000225. The van der Waals surface area contributed by atoms with Gasteiger partial charge in [0.15, 0.2) is 5.96 Å². The minimum absolute atomic E-state index is 0. The lowest BCUT2D eigenvalue weighted by molar-refractivity contribution is -0.140. The van der Waals surface area contributed by atoms with E-state index >= 15 is 0 Å². The molecule has 1 atom stereocenters. The first kappa shape index (κ1) is 22.0. The fraction of sp³-hybridized carbons (Fsp3) is 0.895. The van der Waals surface area contributed by atoms with Crippen LogP contribution in [0.25, 0.3) is 0 Å². The van der Waals surface area contributed by atoms with Crippen molar-refractivity contribution in [2.75, 3.05) is 85.7 Å². The smallest absolute Gasteiger partial charge is 0.225 e. The van der Waals surface area contributed by atoms with Crippen LogP contribution in [0.2, 0.25) is 0 Å². The maximum Gasteiger partial charge on any atom is 0.225 e. The normalized spacial score (nSPS) is 31.5. The Kier molecular flexibility index (Phi) is 8.19. The van der Waals surface area contributed by atoms with Gasteiger partial charge in [0.1, 0.15) is 0 Å². The van der Waals surface area contributed by atoms with E-state index in [0.29, 0.717) is 25.2 Å². The van der Waals surface area contributed by atoms with Crippen LogP contribution in [-0.2, 0) is 9.53 Å². The van der Waals surface area contributed by atoms with Gasteiger partial charge in [0, 0.05) is 84.5 Å². The molecule has 5 heterocycles. The standard InChI is InChI=1S/C19H34N6O2.HI/c1-20-19(21-14-17-15-22-6-8-23(17)9-7-22)25-4-2-16(3-5-25)18(26)24-10-12-27-13-11-24;/h16-17H,2-15H2,1H3,(H,20,21);1H. The van der Waals surface area contributed by atoms with Crippen LogP contribution in [0.15, 0.2) is 4.99 Å². The van der Waals surface area contributed by atoms with Crippen LogP contribution in [0.1, 0.15) is 12.8 Å². The van der Waals surface area contributed by atoms with Gasteiger partial charge in [0.05, 0.1) is 13.2 Å². The van der Waals surface area contributed by atoms with Crippen molar-refractivity contribution in [2.24, 2.45) is 10.9 Å². The van der Waals surface area contributed by atoms with Gasteiger partial charge in [0.25, 0.3) is 0 Å². The van der Waals surface area contributed by atoms with Crippen LogP contribution in [0.4, 0.5) is 0 Å². The second-order valence-corrected chi connectivity index (χ2v) is 8.12. The highest BCUT2D eigenvalue weighted by molar-refractivity contribution is 14.0. The number of rotatable bonds is 3. The van der Waals surface area contributed by atoms with Crippen molar-refractivity contribution in [3.63, 3.8) is 0 Å². The maximum absolute atomic E-state index is 12.7. The molecule has 1 unspecified atom stereocenters. The molecule has 0 aromatic heterocycles. The summed E-state index contributed by atoms with van der Waals surface area (Å²) in [5, 5.41) is 3.60. The summed E-state index contributed by atoms with van der Waals surface area (Å²) in [5.74, 6) is 1.47. The zero-order valence-corrected chi connectivity index (χ0v) is 19.3. The number of nitrogens with one attached hydrogen (secondary N) is 1. The number of ether oxygens (including phenoxy) is 1. The zero-order valence-electron chi connectivity index (χ0n) is 17.0. The molecule has 0 spiro atoms. The second kappa shape index (κ2) is 10.4. The van der Waals surface area contributed by atoms with Crippen LogP contribution in [-0.4, -0.2) is 123 Å². The van der Waals surface area contributed by atoms with Gasteiger partial charge in [-0.1, -0.05) is 0 Å². The first-order valence-corrected chi connectivity index (χ1v) is 10.5. The number of carbonyl (C=O) groups is 1. The van der Waals surface area contributed by atoms with E-state index in [2.05, 4.69) is 25.0 Å². The highest BCUT2D eigenvalue weighted by Crippen LogP contribution is 2.21. The minimum Gasteiger partial charge on any atom is -0.378 e. The Morgan fingerprint density at radius 2 is 1.68 bits per heavy atom. The molecule has 2 bridgehead atoms. The Bertz CT molecular complexity index is 541. The van der Waals surface area contributed by atoms with E-state index in [-0.39, 0.29) is 29.9 Å². The van der Waals surface area contributed by atoms with Crippen LogP contribution >= 0.6 is 24.0 Å². The molecule has 5 rings (SSSR count). The predicted octanol–water partition coefficient (Wildman–Crippen LogP) is -0.250. The number of likely N-dealkylation sites (tertiary alicyclic amines) is 1. The van der Waals surface area contributed by atoms with E-state index in [0.717, 1.165) is 51.5 Å². The third-order valence-electron chi connectivity index (χ3n) is 6.57. The third kappa shape index (κ3) is 5.09. The number of piperidine rings is 1. The zero-order chi connectivity index (χ0) is 18.6. The van der Waals surface area contributed by atoms with Gasteiger partial charge in [-0.25, -0.2) is 0 Å². The number of aliphatic imine (C=N–C) groups is 1. The minimum atomic E-state index is 0. The molecule has 0 aliphatic carbocycles. The number of nitrogens with zero attached hydrogens (tertiary/aromatic N) is 5. The number of guanidine groups is 1. The monoisotopic (exact) mass is 506 g/mol. The average molecular weight is 506 g/mol. The summed E-state index contributed by atoms with van der Waals surface area (Å²) in [6.45, 7) is 11.6. The van der Waals surface area contributed by atoms with E-state index in [1.54, 1.807) is 0 Å². The van der Waals surface area contributed by atoms with Crippen molar-refractivity contribution >= 4 is 35.8 Å². The highest BCUT2D eigenvalue weighted by Gasteiger charge is 2.33. The third-order valence-corrected chi connectivity index (χ3v) is 6.57. The number of hydrogen-bond acceptors (Lipinski definition) is 5. The van der Waals surface area contributed by atoms with E-state index in [1.807, 2.05) is 11.9 Å². The van der Waals surface area contributed by atoms with Crippen LogP contribution in [0.5, 0.6) is 0 Å². The molecule has 8 nitrogen and oxygen atoms in total. The molecule has 0 radical (unpaired) electrons. The Hall–Kier alpha value is -0.650. The highest BCUT2D eigenvalue weighted by atomic mass is 127. The maximum atomic E-state index is 12.7. The van der Waals surface area contributed by atoms with Crippen molar-refractivity contribution in [3.8, 4) is 0 Å². The van der Waals surface area contributed by atoms with Gasteiger partial charge in [-0.3, -0.25) is 19.6 Å². The largest absolute Gasteiger partial charge is 0.378 e. The topological polar surface area (TPSA) is 63.7 Å². The van der Waals surface area contributed by atoms with Crippen molar-refractivity contribution in [1.82, 2.24) is 24.9 Å². The lowest BCUT2D eigenvalue weighted by Gasteiger charge is -2.47. The second-order valence-electron chi connectivity index (χ2n) is 8.12. The molecule has 5 fully saturated rings. The van der Waals surface area contributed by atoms with Crippen molar-refractivity contribution in [2.45, 2.75) is 18.9 Å². The lowest BCUT2D eigenvalue weighted by atomic mass is 9.95. The van der Waals surface area contributed by atoms with Crippen LogP contribution in [0.3, 0.4) is 0 Å². The number of hydrogen-bond donors (Lipinski definition) is 1. The summed E-state index contributed by atoms with van der Waals surface area (Å²) in [5.41, 5.74) is 0. The Morgan fingerprint density at radius 1 is 1.00 bits per heavy atom. The number of amides is 1. The van der Waals surface area contributed by atoms with Gasteiger partial charge in [-0.2, -0.15) is 0 Å². The van der Waals surface area contributed by atoms with Crippen molar-refractivity contribution in [3.05, 3.63) is 0 Å². The molecular formula is C19H35IN6O2. The summed E-state index contributed by atoms with van der Waals surface area (Å²) < 4.78 is 5.36. The molecule has 5 aliphatic rings. The molecule has 5 aliphatic heterocycles. The first-order chi connectivity index (χ1) is 13.2. The van der Waals surface area contributed by atoms with Gasteiger partial charge < -0.3 is 19.9 Å². The summed E-state index contributed by atoms with van der Waals surface area (Å²) in [4.78, 5) is 26.7. The lowest BCUT2D eigenvalue weighted by Crippen LogP contribution is -2.64. The van der Waals surface area contributed by atoms with E-state index in [9.17, 15) is 4.79 Å². The molecule has 0 aromatic rings. The number of morpholine rings is 1. The van der Waals surface area contributed by atoms with E-state index in [1.165, 1.54) is 32.7 Å². The van der Waals surface area contributed by atoms with Crippen molar-refractivity contribution < 1.29 is 9.53 Å². The van der Waals surface area contributed by atoms with Crippen molar-refractivity contribution in [1.29, 1.82) is 0 Å². The van der Waals surface area contributed by atoms with E-state index < -0.39 is 0 Å². The SMILES string of the molecule is CN=C(NCC1CN2CCN1CC2)N1CCC(C(=O)N2CCOCC2)CC1.I. The Labute approximate surface area is 185 Å². The molecule has 160 valence electrons. The quantitative estimate of drug-likeness (QED) is 0.324.